The van der Waals surface area contributed by atoms with Crippen LogP contribution in [-0.4, -0.2) is 18.5 Å². The van der Waals surface area contributed by atoms with Gasteiger partial charge in [0.2, 0.25) is 0 Å². The highest BCUT2D eigenvalue weighted by Gasteiger charge is 2.25. The zero-order valence-electron chi connectivity index (χ0n) is 11.3. The fourth-order valence-corrected chi connectivity index (χ4v) is 3.46. The van der Waals surface area contributed by atoms with Crippen LogP contribution in [0.1, 0.15) is 41.6 Å². The van der Waals surface area contributed by atoms with Crippen molar-refractivity contribution in [3.63, 3.8) is 0 Å². The Balaban J connectivity index is 2.06. The van der Waals surface area contributed by atoms with Crippen LogP contribution in [0.25, 0.3) is 0 Å². The molecule has 1 atom stereocenters. The molecule has 2 rings (SSSR count). The molecule has 1 saturated carbocycles. The van der Waals surface area contributed by atoms with E-state index in [1.165, 1.54) is 25.7 Å². The standard InChI is InChI=1S/C15H21BrN2O/c1-10-6-12(8-13(16)7-10)15(19)18-14(9-17)11-4-2-3-5-11/h6-8,11,14H,2-5,9,17H2,1H3,(H,18,19). The molecule has 1 amide bonds. The van der Waals surface area contributed by atoms with Gasteiger partial charge < -0.3 is 11.1 Å². The molecule has 0 spiro atoms. The first kappa shape index (κ1) is 14.5. The van der Waals surface area contributed by atoms with Crippen molar-refractivity contribution in [2.75, 3.05) is 6.54 Å². The van der Waals surface area contributed by atoms with Crippen LogP contribution in [0, 0.1) is 12.8 Å². The minimum Gasteiger partial charge on any atom is -0.348 e. The second-order valence-electron chi connectivity index (χ2n) is 5.38. The summed E-state index contributed by atoms with van der Waals surface area (Å²) in [5.41, 5.74) is 7.59. The predicted molar refractivity (Wildman–Crippen MR) is 81.1 cm³/mol. The highest BCUT2D eigenvalue weighted by molar-refractivity contribution is 9.10. The van der Waals surface area contributed by atoms with Gasteiger partial charge in [0.15, 0.2) is 0 Å². The molecule has 3 nitrogen and oxygen atoms in total. The van der Waals surface area contributed by atoms with Crippen molar-refractivity contribution >= 4 is 21.8 Å². The largest absolute Gasteiger partial charge is 0.348 e. The minimum atomic E-state index is -0.0215. The molecule has 0 radical (unpaired) electrons. The maximum Gasteiger partial charge on any atom is 0.251 e. The first-order chi connectivity index (χ1) is 9.10. The van der Waals surface area contributed by atoms with E-state index in [0.717, 1.165) is 10.0 Å². The number of rotatable bonds is 4. The number of carbonyl (C=O) groups excluding carboxylic acids is 1. The third-order valence-electron chi connectivity index (χ3n) is 3.84. The number of nitrogens with one attached hydrogen (secondary N) is 1. The first-order valence-electron chi connectivity index (χ1n) is 6.88. The molecule has 1 unspecified atom stereocenters. The fraction of sp³-hybridized carbons (Fsp3) is 0.533. The lowest BCUT2D eigenvalue weighted by atomic mass is 9.97. The van der Waals surface area contributed by atoms with Crippen LogP contribution >= 0.6 is 15.9 Å². The first-order valence-corrected chi connectivity index (χ1v) is 7.67. The summed E-state index contributed by atoms with van der Waals surface area (Å²) in [6, 6.07) is 5.86. The molecule has 1 aromatic carbocycles. The number of aryl methyl sites for hydroxylation is 1. The Morgan fingerprint density at radius 1 is 1.42 bits per heavy atom. The molecular weight excluding hydrogens is 304 g/mol. The van der Waals surface area contributed by atoms with Gasteiger partial charge in [-0.05, 0) is 49.4 Å². The summed E-state index contributed by atoms with van der Waals surface area (Å²) in [4.78, 5) is 12.3. The monoisotopic (exact) mass is 324 g/mol. The normalized spacial score (nSPS) is 17.4. The number of carbonyl (C=O) groups is 1. The van der Waals surface area contributed by atoms with Crippen LogP contribution in [0.3, 0.4) is 0 Å². The molecule has 0 aromatic heterocycles. The number of nitrogens with two attached hydrogens (primary N) is 1. The lowest BCUT2D eigenvalue weighted by Gasteiger charge is -2.23. The molecule has 3 N–H and O–H groups in total. The van der Waals surface area contributed by atoms with Crippen LogP contribution in [0.5, 0.6) is 0 Å². The van der Waals surface area contributed by atoms with Crippen LogP contribution in [0.4, 0.5) is 0 Å². The maximum atomic E-state index is 12.3. The van der Waals surface area contributed by atoms with Gasteiger partial charge in [0.05, 0.1) is 0 Å². The van der Waals surface area contributed by atoms with E-state index < -0.39 is 0 Å². The van der Waals surface area contributed by atoms with Crippen molar-refractivity contribution < 1.29 is 4.79 Å². The summed E-state index contributed by atoms with van der Waals surface area (Å²) in [5.74, 6) is 0.522. The molecule has 4 heteroatoms. The van der Waals surface area contributed by atoms with Crippen LogP contribution < -0.4 is 11.1 Å². The van der Waals surface area contributed by atoms with E-state index in [9.17, 15) is 4.79 Å². The molecule has 19 heavy (non-hydrogen) atoms. The van der Waals surface area contributed by atoms with E-state index in [1.807, 2.05) is 25.1 Å². The number of halogens is 1. The number of hydrogen-bond donors (Lipinski definition) is 2. The smallest absolute Gasteiger partial charge is 0.251 e. The van der Waals surface area contributed by atoms with Gasteiger partial charge in [0.25, 0.3) is 5.91 Å². The molecule has 0 heterocycles. The van der Waals surface area contributed by atoms with Crippen molar-refractivity contribution in [2.45, 2.75) is 38.6 Å². The highest BCUT2D eigenvalue weighted by atomic mass is 79.9. The van der Waals surface area contributed by atoms with E-state index in [4.69, 9.17) is 5.73 Å². The van der Waals surface area contributed by atoms with Crippen LogP contribution in [0.15, 0.2) is 22.7 Å². The Bertz CT molecular complexity index is 435. The Morgan fingerprint density at radius 3 is 2.68 bits per heavy atom. The lowest BCUT2D eigenvalue weighted by molar-refractivity contribution is 0.0924. The summed E-state index contributed by atoms with van der Waals surface area (Å²) >= 11 is 3.43. The van der Waals surface area contributed by atoms with Gasteiger partial charge in [0.1, 0.15) is 0 Å². The van der Waals surface area contributed by atoms with Gasteiger partial charge in [-0.15, -0.1) is 0 Å². The van der Waals surface area contributed by atoms with Gasteiger partial charge >= 0.3 is 0 Å². The highest BCUT2D eigenvalue weighted by Crippen LogP contribution is 2.27. The molecular formula is C15H21BrN2O. The Labute approximate surface area is 123 Å². The molecule has 0 bridgehead atoms. The third kappa shape index (κ3) is 3.80. The summed E-state index contributed by atoms with van der Waals surface area (Å²) in [6.45, 7) is 2.50. The van der Waals surface area contributed by atoms with Crippen molar-refractivity contribution in [3.05, 3.63) is 33.8 Å². The second kappa shape index (κ2) is 6.53. The van der Waals surface area contributed by atoms with Gasteiger partial charge in [-0.2, -0.15) is 0 Å². The van der Waals surface area contributed by atoms with Gasteiger partial charge in [-0.3, -0.25) is 4.79 Å². The van der Waals surface area contributed by atoms with E-state index in [1.54, 1.807) is 0 Å². The molecule has 0 aliphatic heterocycles. The van der Waals surface area contributed by atoms with Crippen molar-refractivity contribution in [1.82, 2.24) is 5.32 Å². The zero-order valence-corrected chi connectivity index (χ0v) is 12.9. The molecule has 0 saturated heterocycles. The van der Waals surface area contributed by atoms with E-state index in [-0.39, 0.29) is 11.9 Å². The van der Waals surface area contributed by atoms with Crippen molar-refractivity contribution in [2.24, 2.45) is 11.7 Å². The van der Waals surface area contributed by atoms with E-state index in [2.05, 4.69) is 21.2 Å². The molecule has 1 fully saturated rings. The number of hydrogen-bond acceptors (Lipinski definition) is 2. The second-order valence-corrected chi connectivity index (χ2v) is 6.29. The zero-order chi connectivity index (χ0) is 13.8. The van der Waals surface area contributed by atoms with Gasteiger partial charge in [-0.25, -0.2) is 0 Å². The number of amides is 1. The third-order valence-corrected chi connectivity index (χ3v) is 4.30. The quantitative estimate of drug-likeness (QED) is 0.894. The maximum absolute atomic E-state index is 12.3. The average Bonchev–Trinajstić information content (AvgIpc) is 2.88. The molecule has 1 aliphatic carbocycles. The van der Waals surface area contributed by atoms with Gasteiger partial charge in [0, 0.05) is 22.6 Å². The van der Waals surface area contributed by atoms with Crippen LogP contribution in [-0.2, 0) is 0 Å². The molecule has 104 valence electrons. The van der Waals surface area contributed by atoms with Crippen molar-refractivity contribution in [1.29, 1.82) is 0 Å². The average molecular weight is 325 g/mol. The van der Waals surface area contributed by atoms with Gasteiger partial charge in [-0.1, -0.05) is 28.8 Å². The predicted octanol–water partition coefficient (Wildman–Crippen LogP) is 3.00. The number of benzene rings is 1. The SMILES string of the molecule is Cc1cc(Br)cc(C(=O)NC(CN)C2CCCC2)c1. The van der Waals surface area contributed by atoms with Crippen molar-refractivity contribution in [3.8, 4) is 0 Å². The summed E-state index contributed by atoms with van der Waals surface area (Å²) in [7, 11) is 0. The molecule has 1 aromatic rings. The molecule has 1 aliphatic rings. The topological polar surface area (TPSA) is 55.1 Å². The minimum absolute atomic E-state index is 0.0215. The fourth-order valence-electron chi connectivity index (χ4n) is 2.85. The Morgan fingerprint density at radius 2 is 2.11 bits per heavy atom. The Kier molecular flexibility index (Phi) is 4.99. The summed E-state index contributed by atoms with van der Waals surface area (Å²) in [5, 5.41) is 3.09. The lowest BCUT2D eigenvalue weighted by Crippen LogP contribution is -2.44. The van der Waals surface area contributed by atoms with E-state index >= 15 is 0 Å². The van der Waals surface area contributed by atoms with E-state index in [0.29, 0.717) is 18.0 Å². The van der Waals surface area contributed by atoms with Crippen LogP contribution in [0.2, 0.25) is 0 Å². The summed E-state index contributed by atoms with van der Waals surface area (Å²) < 4.78 is 0.933. The summed E-state index contributed by atoms with van der Waals surface area (Å²) in [6.07, 6.45) is 4.87. The Hall–Kier alpha value is -0.870.